The number of allylic oxidation sites excluding steroid dienone is 2. The van der Waals surface area contributed by atoms with Crippen molar-refractivity contribution in [2.45, 2.75) is 37.0 Å². The first-order valence-corrected chi connectivity index (χ1v) is 12.2. The number of urea groups is 1. The van der Waals surface area contributed by atoms with Crippen molar-refractivity contribution in [3.63, 3.8) is 0 Å². The van der Waals surface area contributed by atoms with Gasteiger partial charge in [0, 0.05) is 24.7 Å². The molecule has 1 N–H and O–H groups in total. The van der Waals surface area contributed by atoms with Gasteiger partial charge in [-0.1, -0.05) is 48.2 Å². The van der Waals surface area contributed by atoms with Gasteiger partial charge < -0.3 is 0 Å². The Morgan fingerprint density at radius 3 is 2.74 bits per heavy atom. The summed E-state index contributed by atoms with van der Waals surface area (Å²) in [5.74, 6) is -1.22. The number of hydroxylamine groups is 3. The highest BCUT2D eigenvalue weighted by atomic mass is 32.2. The summed E-state index contributed by atoms with van der Waals surface area (Å²) in [7, 11) is 2.83. The Hall–Kier alpha value is -2.95. The van der Waals surface area contributed by atoms with E-state index in [1.54, 1.807) is 0 Å². The number of thioether (sulfide) groups is 1. The Bertz CT molecular complexity index is 1120. The van der Waals surface area contributed by atoms with Crippen LogP contribution in [0, 0.1) is 11.6 Å². The van der Waals surface area contributed by atoms with E-state index in [4.69, 9.17) is 9.68 Å². The molecular weight excluding hydrogens is 474 g/mol. The fourth-order valence-corrected chi connectivity index (χ4v) is 5.37. The monoisotopic (exact) mass is 502 g/mol. The van der Waals surface area contributed by atoms with Gasteiger partial charge in [0.1, 0.15) is 21.5 Å². The molecule has 1 heterocycles. The Kier molecular flexibility index (Phi) is 8.04. The second kappa shape index (κ2) is 11.2. The molecule has 2 aromatic carbocycles. The first-order valence-electron chi connectivity index (χ1n) is 11.4. The summed E-state index contributed by atoms with van der Waals surface area (Å²) in [5, 5.41) is 6.97. The van der Waals surface area contributed by atoms with Crippen molar-refractivity contribution in [1.82, 2.24) is 15.6 Å². The second-order valence-corrected chi connectivity index (χ2v) is 9.50. The SMILES string of the molecule is CON(C)C(=O)N1N=C(c2cc(F)ccc2F)SC1(CCONC1=CCCCC1)c1ccccc1. The zero-order chi connectivity index (χ0) is 24.8. The first kappa shape index (κ1) is 25.2. The van der Waals surface area contributed by atoms with Crippen LogP contribution in [-0.4, -0.2) is 41.9 Å². The number of nitrogens with one attached hydrogen (secondary N) is 1. The summed E-state index contributed by atoms with van der Waals surface area (Å²) < 4.78 is 28.7. The van der Waals surface area contributed by atoms with Crippen LogP contribution < -0.4 is 5.48 Å². The summed E-state index contributed by atoms with van der Waals surface area (Å²) in [6, 6.07) is 11.9. The highest BCUT2D eigenvalue weighted by Crippen LogP contribution is 2.50. The lowest BCUT2D eigenvalue weighted by molar-refractivity contribution is -0.0816. The molecule has 0 radical (unpaired) electrons. The summed E-state index contributed by atoms with van der Waals surface area (Å²) in [5.41, 5.74) is 4.80. The fraction of sp³-hybridized carbons (Fsp3) is 0.360. The van der Waals surface area contributed by atoms with Crippen molar-refractivity contribution in [3.8, 4) is 0 Å². The van der Waals surface area contributed by atoms with Crippen LogP contribution in [0.4, 0.5) is 13.6 Å². The summed E-state index contributed by atoms with van der Waals surface area (Å²) in [6.45, 7) is 0.230. The molecule has 0 bridgehead atoms. The molecule has 0 fully saturated rings. The van der Waals surface area contributed by atoms with E-state index in [1.807, 2.05) is 30.3 Å². The third kappa shape index (κ3) is 5.50. The Morgan fingerprint density at radius 2 is 2.03 bits per heavy atom. The molecule has 1 aliphatic carbocycles. The van der Waals surface area contributed by atoms with E-state index in [0.717, 1.165) is 53.8 Å². The van der Waals surface area contributed by atoms with Crippen molar-refractivity contribution in [3.05, 3.63) is 83.1 Å². The van der Waals surface area contributed by atoms with Gasteiger partial charge in [0.05, 0.1) is 13.7 Å². The van der Waals surface area contributed by atoms with E-state index in [2.05, 4.69) is 16.7 Å². The highest BCUT2D eigenvalue weighted by molar-refractivity contribution is 8.15. The molecule has 186 valence electrons. The fourth-order valence-electron chi connectivity index (χ4n) is 4.02. The molecular formula is C25H28F2N4O3S. The molecule has 10 heteroatoms. The number of carbonyl (C=O) groups is 1. The van der Waals surface area contributed by atoms with Crippen LogP contribution in [0.2, 0.25) is 0 Å². The van der Waals surface area contributed by atoms with Crippen LogP contribution in [0.25, 0.3) is 0 Å². The van der Waals surface area contributed by atoms with Crippen LogP contribution in [0.3, 0.4) is 0 Å². The number of rotatable bonds is 8. The second-order valence-electron chi connectivity index (χ2n) is 8.23. The lowest BCUT2D eigenvalue weighted by atomic mass is 10.0. The van der Waals surface area contributed by atoms with E-state index >= 15 is 0 Å². The molecule has 0 spiro atoms. The lowest BCUT2D eigenvalue weighted by Gasteiger charge is -2.36. The molecule has 2 aliphatic rings. The number of hydrogen-bond donors (Lipinski definition) is 1. The van der Waals surface area contributed by atoms with E-state index < -0.39 is 22.5 Å². The number of carbonyl (C=O) groups excluding carboxylic acids is 1. The normalized spacial score (nSPS) is 19.8. The van der Waals surface area contributed by atoms with Gasteiger partial charge in [-0.2, -0.15) is 10.1 Å². The molecule has 1 unspecified atom stereocenters. The van der Waals surface area contributed by atoms with Gasteiger partial charge in [-0.15, -0.1) is 0 Å². The molecule has 0 saturated heterocycles. The molecule has 0 aromatic heterocycles. The van der Waals surface area contributed by atoms with E-state index in [0.29, 0.717) is 6.42 Å². The highest BCUT2D eigenvalue weighted by Gasteiger charge is 2.50. The van der Waals surface area contributed by atoms with Crippen LogP contribution in [0.5, 0.6) is 0 Å². The van der Waals surface area contributed by atoms with Gasteiger partial charge in [0.2, 0.25) is 0 Å². The van der Waals surface area contributed by atoms with Crippen LogP contribution in [0.15, 0.2) is 65.4 Å². The number of benzene rings is 2. The van der Waals surface area contributed by atoms with Crippen molar-refractivity contribution in [2.24, 2.45) is 5.10 Å². The molecule has 4 rings (SSSR count). The van der Waals surface area contributed by atoms with Crippen LogP contribution in [-0.2, 0) is 14.5 Å². The van der Waals surface area contributed by atoms with Crippen molar-refractivity contribution < 1.29 is 23.3 Å². The minimum Gasteiger partial charge on any atom is -0.276 e. The van der Waals surface area contributed by atoms with Gasteiger partial charge in [0.25, 0.3) is 0 Å². The number of halogens is 2. The van der Waals surface area contributed by atoms with E-state index in [-0.39, 0.29) is 17.2 Å². The van der Waals surface area contributed by atoms with Gasteiger partial charge in [0.15, 0.2) is 0 Å². The third-order valence-corrected chi connectivity index (χ3v) is 7.39. The smallest absolute Gasteiger partial charge is 0.276 e. The molecule has 2 amide bonds. The zero-order valence-electron chi connectivity index (χ0n) is 19.7. The largest absolute Gasteiger partial charge is 0.365 e. The quantitative estimate of drug-likeness (QED) is 0.381. The molecule has 2 aromatic rings. The minimum atomic E-state index is -1.08. The number of hydrazone groups is 1. The lowest BCUT2D eigenvalue weighted by Crippen LogP contribution is -2.47. The molecule has 1 aliphatic heterocycles. The molecule has 0 saturated carbocycles. The van der Waals surface area contributed by atoms with Crippen molar-refractivity contribution in [1.29, 1.82) is 0 Å². The molecule has 1 atom stereocenters. The maximum Gasteiger partial charge on any atom is 0.365 e. The predicted molar refractivity (Wildman–Crippen MR) is 131 cm³/mol. The summed E-state index contributed by atoms with van der Waals surface area (Å²) in [4.78, 5) is 23.2. The van der Waals surface area contributed by atoms with Gasteiger partial charge in [-0.3, -0.25) is 15.2 Å². The summed E-state index contributed by atoms with van der Waals surface area (Å²) in [6.07, 6.45) is 6.65. The average Bonchev–Trinajstić information content (AvgIpc) is 3.28. The topological polar surface area (TPSA) is 66.4 Å². The van der Waals surface area contributed by atoms with Gasteiger partial charge in [-0.05, 0) is 49.4 Å². The van der Waals surface area contributed by atoms with Crippen LogP contribution >= 0.6 is 11.8 Å². The van der Waals surface area contributed by atoms with Crippen LogP contribution in [0.1, 0.15) is 43.2 Å². The van der Waals surface area contributed by atoms with Crippen molar-refractivity contribution >= 4 is 22.8 Å². The molecule has 35 heavy (non-hydrogen) atoms. The standard InChI is InChI=1S/C25H28F2N4O3S/c1-30(33-2)24(32)31-25(18-9-5-3-6-10-18,15-16-34-29-20-11-7-4-8-12-20)35-23(28-31)21-17-19(26)13-14-22(21)27/h3,5-6,9-11,13-14,17,29H,4,7-8,12,15-16H2,1-2H3. The Labute approximate surface area is 207 Å². The first-order chi connectivity index (χ1) is 16.9. The number of hydrogen-bond acceptors (Lipinski definition) is 6. The maximum absolute atomic E-state index is 14.7. The number of amides is 2. The van der Waals surface area contributed by atoms with Crippen molar-refractivity contribution in [2.75, 3.05) is 20.8 Å². The molecule has 7 nitrogen and oxygen atoms in total. The third-order valence-electron chi connectivity index (χ3n) is 5.94. The average molecular weight is 503 g/mol. The Balaban J connectivity index is 1.68. The van der Waals surface area contributed by atoms with E-state index in [1.165, 1.54) is 37.3 Å². The maximum atomic E-state index is 14.7. The van der Waals surface area contributed by atoms with Gasteiger partial charge in [-0.25, -0.2) is 18.6 Å². The summed E-state index contributed by atoms with van der Waals surface area (Å²) >= 11 is 1.18. The van der Waals surface area contributed by atoms with E-state index in [9.17, 15) is 13.6 Å². The predicted octanol–water partition coefficient (Wildman–Crippen LogP) is 5.51. The van der Waals surface area contributed by atoms with Gasteiger partial charge >= 0.3 is 6.03 Å². The Morgan fingerprint density at radius 1 is 1.23 bits per heavy atom. The zero-order valence-corrected chi connectivity index (χ0v) is 20.5. The minimum absolute atomic E-state index is 0.0166. The number of nitrogens with zero attached hydrogens (tertiary/aromatic N) is 3.